The third-order valence-electron chi connectivity index (χ3n) is 2.77. The number of rotatable bonds is 5. The van der Waals surface area contributed by atoms with Crippen molar-refractivity contribution in [1.29, 1.82) is 0 Å². The van der Waals surface area contributed by atoms with E-state index in [9.17, 15) is 4.39 Å². The van der Waals surface area contributed by atoms with Crippen molar-refractivity contribution in [1.82, 2.24) is 9.97 Å². The Hall–Kier alpha value is -1.88. The highest BCUT2D eigenvalue weighted by atomic mass is 35.5. The van der Waals surface area contributed by atoms with Crippen molar-refractivity contribution in [3.05, 3.63) is 41.3 Å². The van der Waals surface area contributed by atoms with Crippen LogP contribution in [0.4, 0.5) is 21.8 Å². The maximum atomic E-state index is 13.3. The number of hydrogen-bond donors (Lipinski definition) is 1. The Bertz CT molecular complexity index is 591. The van der Waals surface area contributed by atoms with E-state index in [0.717, 1.165) is 13.0 Å². The van der Waals surface area contributed by atoms with Crippen LogP contribution in [0.25, 0.3) is 0 Å². The molecule has 1 heterocycles. The number of nitrogens with one attached hydrogen (secondary N) is 1. The van der Waals surface area contributed by atoms with E-state index in [1.165, 1.54) is 18.3 Å². The zero-order valence-corrected chi connectivity index (χ0v) is 12.2. The van der Waals surface area contributed by atoms with Crippen LogP contribution < -0.4 is 10.2 Å². The quantitative estimate of drug-likeness (QED) is 0.909. The van der Waals surface area contributed by atoms with Crippen molar-refractivity contribution in [2.24, 2.45) is 0 Å². The van der Waals surface area contributed by atoms with Crippen LogP contribution in [-0.2, 0) is 0 Å². The number of benzene rings is 1. The van der Waals surface area contributed by atoms with E-state index in [1.807, 2.05) is 0 Å². The summed E-state index contributed by atoms with van der Waals surface area (Å²) in [6, 6.07) is 6.26. The van der Waals surface area contributed by atoms with Crippen LogP contribution in [0, 0.1) is 5.82 Å². The molecule has 0 saturated heterocycles. The summed E-state index contributed by atoms with van der Waals surface area (Å²) in [5, 5.41) is 3.51. The third-order valence-corrected chi connectivity index (χ3v) is 3.04. The van der Waals surface area contributed by atoms with Gasteiger partial charge < -0.3 is 10.2 Å². The average molecular weight is 295 g/mol. The van der Waals surface area contributed by atoms with Crippen molar-refractivity contribution >= 4 is 29.1 Å². The molecule has 0 radical (unpaired) electrons. The molecule has 0 fully saturated rings. The Morgan fingerprint density at radius 3 is 2.90 bits per heavy atom. The SMILES string of the molecule is CCCNc1ncc(Cl)c(N(C)c2cccc(F)c2)n1. The van der Waals surface area contributed by atoms with E-state index < -0.39 is 0 Å². The predicted octanol–water partition coefficient (Wildman–Crippen LogP) is 3.86. The predicted molar refractivity (Wildman–Crippen MR) is 80.3 cm³/mol. The van der Waals surface area contributed by atoms with E-state index in [4.69, 9.17) is 11.6 Å². The van der Waals surface area contributed by atoms with Gasteiger partial charge in [-0.3, -0.25) is 0 Å². The van der Waals surface area contributed by atoms with Crippen molar-refractivity contribution < 1.29 is 4.39 Å². The molecule has 20 heavy (non-hydrogen) atoms. The minimum Gasteiger partial charge on any atom is -0.354 e. The fourth-order valence-electron chi connectivity index (χ4n) is 1.72. The molecule has 0 aliphatic carbocycles. The molecule has 4 nitrogen and oxygen atoms in total. The molecule has 1 aromatic carbocycles. The van der Waals surface area contributed by atoms with Gasteiger partial charge in [0.05, 0.1) is 6.20 Å². The molecule has 0 aliphatic heterocycles. The molecule has 0 unspecified atom stereocenters. The first-order valence-electron chi connectivity index (χ1n) is 6.37. The van der Waals surface area contributed by atoms with Gasteiger partial charge in [-0.25, -0.2) is 9.37 Å². The second kappa shape index (κ2) is 6.52. The summed E-state index contributed by atoms with van der Waals surface area (Å²) in [7, 11) is 1.78. The number of nitrogens with zero attached hydrogens (tertiary/aromatic N) is 3. The molecule has 0 aliphatic rings. The van der Waals surface area contributed by atoms with Gasteiger partial charge in [0.1, 0.15) is 10.8 Å². The van der Waals surface area contributed by atoms with Crippen LogP contribution in [0.15, 0.2) is 30.5 Å². The lowest BCUT2D eigenvalue weighted by atomic mass is 10.3. The molecule has 0 amide bonds. The molecule has 1 N–H and O–H groups in total. The summed E-state index contributed by atoms with van der Waals surface area (Å²) in [5.41, 5.74) is 0.673. The Morgan fingerprint density at radius 2 is 2.20 bits per heavy atom. The molecule has 0 atom stereocenters. The monoisotopic (exact) mass is 294 g/mol. The van der Waals surface area contributed by atoms with Gasteiger partial charge in [-0.05, 0) is 24.6 Å². The minimum absolute atomic E-state index is 0.302. The second-order valence-corrected chi connectivity index (χ2v) is 4.74. The third kappa shape index (κ3) is 3.36. The van der Waals surface area contributed by atoms with E-state index >= 15 is 0 Å². The minimum atomic E-state index is -0.302. The average Bonchev–Trinajstić information content (AvgIpc) is 2.45. The molecule has 0 spiro atoms. The summed E-state index contributed by atoms with van der Waals surface area (Å²) in [6.07, 6.45) is 2.51. The number of aromatic nitrogens is 2. The molecule has 6 heteroatoms. The van der Waals surface area contributed by atoms with Gasteiger partial charge in [-0.1, -0.05) is 24.6 Å². The number of halogens is 2. The van der Waals surface area contributed by atoms with Crippen LogP contribution in [0.3, 0.4) is 0 Å². The van der Waals surface area contributed by atoms with Crippen LogP contribution in [0.5, 0.6) is 0 Å². The molecule has 1 aromatic heterocycles. The van der Waals surface area contributed by atoms with Crippen molar-refractivity contribution in [3.63, 3.8) is 0 Å². The Kier molecular flexibility index (Phi) is 4.74. The van der Waals surface area contributed by atoms with Crippen molar-refractivity contribution in [2.45, 2.75) is 13.3 Å². The zero-order valence-electron chi connectivity index (χ0n) is 11.4. The molecule has 106 valence electrons. The summed E-state index contributed by atoms with van der Waals surface area (Å²) in [5.74, 6) is 0.740. The van der Waals surface area contributed by atoms with Gasteiger partial charge in [0.15, 0.2) is 5.82 Å². The molecule has 0 bridgehead atoms. The lowest BCUT2D eigenvalue weighted by molar-refractivity contribution is 0.628. The molecule has 0 saturated carbocycles. The highest BCUT2D eigenvalue weighted by Gasteiger charge is 2.12. The van der Waals surface area contributed by atoms with Crippen LogP contribution in [0.1, 0.15) is 13.3 Å². The van der Waals surface area contributed by atoms with Crippen LogP contribution in [0.2, 0.25) is 5.02 Å². The summed E-state index contributed by atoms with van der Waals surface area (Å²) in [6.45, 7) is 2.84. The first kappa shape index (κ1) is 14.5. The van der Waals surface area contributed by atoms with Crippen LogP contribution >= 0.6 is 11.6 Å². The maximum absolute atomic E-state index is 13.3. The van der Waals surface area contributed by atoms with Gasteiger partial charge >= 0.3 is 0 Å². The molecule has 2 aromatic rings. The summed E-state index contributed by atoms with van der Waals surface area (Å²) in [4.78, 5) is 10.2. The Labute approximate surface area is 122 Å². The number of hydrogen-bond acceptors (Lipinski definition) is 4. The smallest absolute Gasteiger partial charge is 0.224 e. The Morgan fingerprint density at radius 1 is 1.40 bits per heavy atom. The fourth-order valence-corrected chi connectivity index (χ4v) is 1.94. The topological polar surface area (TPSA) is 41.1 Å². The highest BCUT2D eigenvalue weighted by molar-refractivity contribution is 6.33. The maximum Gasteiger partial charge on any atom is 0.224 e. The zero-order chi connectivity index (χ0) is 14.5. The van der Waals surface area contributed by atoms with Crippen molar-refractivity contribution in [3.8, 4) is 0 Å². The molecule has 2 rings (SSSR count). The first-order valence-corrected chi connectivity index (χ1v) is 6.75. The number of anilines is 3. The highest BCUT2D eigenvalue weighted by Crippen LogP contribution is 2.29. The largest absolute Gasteiger partial charge is 0.354 e. The van der Waals surface area contributed by atoms with Crippen LogP contribution in [-0.4, -0.2) is 23.6 Å². The molecular formula is C14H16ClFN4. The normalized spacial score (nSPS) is 10.4. The Balaban J connectivity index is 2.30. The first-order chi connectivity index (χ1) is 9.61. The van der Waals surface area contributed by atoms with E-state index in [0.29, 0.717) is 22.5 Å². The summed E-state index contributed by atoms with van der Waals surface area (Å²) >= 11 is 6.13. The molecular weight excluding hydrogens is 279 g/mol. The summed E-state index contributed by atoms with van der Waals surface area (Å²) < 4.78 is 13.3. The van der Waals surface area contributed by atoms with E-state index in [-0.39, 0.29) is 5.82 Å². The van der Waals surface area contributed by atoms with Gasteiger partial charge in [0.2, 0.25) is 5.95 Å². The standard InChI is InChI=1S/C14H16ClFN4/c1-3-7-17-14-18-9-12(15)13(19-14)20(2)11-6-4-5-10(16)8-11/h4-6,8-9H,3,7H2,1-2H3,(H,17,18,19). The van der Waals surface area contributed by atoms with Gasteiger partial charge in [-0.15, -0.1) is 0 Å². The van der Waals surface area contributed by atoms with Gasteiger partial charge in [0.25, 0.3) is 0 Å². The lowest BCUT2D eigenvalue weighted by Crippen LogP contribution is -2.14. The fraction of sp³-hybridized carbons (Fsp3) is 0.286. The van der Waals surface area contributed by atoms with Crippen molar-refractivity contribution in [2.75, 3.05) is 23.8 Å². The van der Waals surface area contributed by atoms with E-state index in [1.54, 1.807) is 24.1 Å². The second-order valence-electron chi connectivity index (χ2n) is 4.33. The van der Waals surface area contributed by atoms with Gasteiger partial charge in [0, 0.05) is 19.3 Å². The van der Waals surface area contributed by atoms with Gasteiger partial charge in [-0.2, -0.15) is 4.98 Å². The van der Waals surface area contributed by atoms with E-state index in [2.05, 4.69) is 22.2 Å². The lowest BCUT2D eigenvalue weighted by Gasteiger charge is -2.20.